The van der Waals surface area contributed by atoms with Crippen molar-refractivity contribution in [2.24, 2.45) is 0 Å². The number of halogens is 2. The molecule has 152 valence electrons. The number of rotatable bonds is 6. The van der Waals surface area contributed by atoms with Crippen LogP contribution in [0.25, 0.3) is 10.9 Å². The topological polar surface area (TPSA) is 79.5 Å². The van der Waals surface area contributed by atoms with E-state index in [9.17, 15) is 19.8 Å². The van der Waals surface area contributed by atoms with Gasteiger partial charge in [-0.1, -0.05) is 47.3 Å². The van der Waals surface area contributed by atoms with Crippen molar-refractivity contribution >= 4 is 50.3 Å². The minimum absolute atomic E-state index is 0.104. The number of aromatic hydroxyl groups is 1. The zero-order valence-electron chi connectivity index (χ0n) is 16.1. The van der Waals surface area contributed by atoms with Gasteiger partial charge >= 0.3 is 5.97 Å². The van der Waals surface area contributed by atoms with Gasteiger partial charge in [0.25, 0.3) is 5.91 Å². The number of fused-ring (bicyclic) bond motifs is 1. The van der Waals surface area contributed by atoms with E-state index >= 15 is 0 Å². The molecule has 1 aromatic heterocycles. The Balaban J connectivity index is 2.29. The standard InChI is InChI=1S/C22H21BrClNO4/c1-3-4-5-15(22(28)29)20-12(2)25(18-11-17(24)19(26)10-16(18)20)21(27)13-6-8-14(23)9-7-13/h6-11,15,26H,3-5H2,1-2H3,(H,28,29). The largest absolute Gasteiger partial charge is 0.506 e. The Bertz CT molecular complexity index is 1090. The lowest BCUT2D eigenvalue weighted by Gasteiger charge is -2.13. The Morgan fingerprint density at radius 3 is 2.45 bits per heavy atom. The van der Waals surface area contributed by atoms with Gasteiger partial charge in [0.1, 0.15) is 5.75 Å². The number of phenolic OH excluding ortho intramolecular Hbond substituents is 1. The second kappa shape index (κ2) is 8.59. The molecule has 0 aliphatic carbocycles. The van der Waals surface area contributed by atoms with E-state index in [-0.39, 0.29) is 16.7 Å². The number of aliphatic carboxylic acids is 1. The van der Waals surface area contributed by atoms with Crippen LogP contribution in [0, 0.1) is 6.92 Å². The zero-order chi connectivity index (χ0) is 21.3. The van der Waals surface area contributed by atoms with Crippen molar-refractivity contribution in [2.45, 2.75) is 39.0 Å². The van der Waals surface area contributed by atoms with E-state index < -0.39 is 11.9 Å². The molecule has 29 heavy (non-hydrogen) atoms. The van der Waals surface area contributed by atoms with E-state index in [1.807, 2.05) is 6.92 Å². The summed E-state index contributed by atoms with van der Waals surface area (Å²) in [5.74, 6) is -2.16. The van der Waals surface area contributed by atoms with Crippen LogP contribution in [0.4, 0.5) is 0 Å². The Hall–Kier alpha value is -2.31. The van der Waals surface area contributed by atoms with Gasteiger partial charge in [-0.25, -0.2) is 0 Å². The molecule has 2 aromatic carbocycles. The van der Waals surface area contributed by atoms with Gasteiger partial charge in [0.05, 0.1) is 16.5 Å². The molecule has 1 unspecified atom stereocenters. The average molecular weight is 479 g/mol. The number of benzene rings is 2. The lowest BCUT2D eigenvalue weighted by Crippen LogP contribution is -2.16. The molecule has 3 aromatic rings. The minimum atomic E-state index is -0.953. The molecule has 1 atom stereocenters. The number of hydrogen-bond acceptors (Lipinski definition) is 3. The van der Waals surface area contributed by atoms with Gasteiger partial charge < -0.3 is 10.2 Å². The summed E-state index contributed by atoms with van der Waals surface area (Å²) in [5, 5.41) is 20.6. The first-order valence-corrected chi connectivity index (χ1v) is 10.5. The van der Waals surface area contributed by atoms with E-state index in [1.54, 1.807) is 31.2 Å². The number of carboxylic acids is 1. The number of hydrogen-bond donors (Lipinski definition) is 2. The normalized spacial score (nSPS) is 12.3. The molecule has 3 rings (SSSR count). The van der Waals surface area contributed by atoms with E-state index in [0.29, 0.717) is 34.1 Å². The highest BCUT2D eigenvalue weighted by atomic mass is 79.9. The molecule has 0 aliphatic rings. The fraction of sp³-hybridized carbons (Fsp3) is 0.273. The van der Waals surface area contributed by atoms with E-state index in [1.165, 1.54) is 16.7 Å². The molecule has 7 heteroatoms. The molecular weight excluding hydrogens is 458 g/mol. The highest BCUT2D eigenvalue weighted by molar-refractivity contribution is 9.10. The fourth-order valence-electron chi connectivity index (χ4n) is 3.67. The zero-order valence-corrected chi connectivity index (χ0v) is 18.4. The highest BCUT2D eigenvalue weighted by Crippen LogP contribution is 2.39. The summed E-state index contributed by atoms with van der Waals surface area (Å²) in [6.45, 7) is 3.73. The van der Waals surface area contributed by atoms with Crippen LogP contribution in [0.15, 0.2) is 40.9 Å². The predicted molar refractivity (Wildman–Crippen MR) is 117 cm³/mol. The molecule has 0 amide bonds. The van der Waals surface area contributed by atoms with Crippen LogP contribution in [0.3, 0.4) is 0 Å². The Morgan fingerprint density at radius 1 is 1.21 bits per heavy atom. The first-order chi connectivity index (χ1) is 13.8. The molecule has 5 nitrogen and oxygen atoms in total. The molecule has 0 bridgehead atoms. The number of nitrogens with zero attached hydrogens (tertiary/aromatic N) is 1. The van der Waals surface area contributed by atoms with Crippen molar-refractivity contribution in [3.05, 3.63) is 62.7 Å². The molecule has 2 N–H and O–H groups in total. The SMILES string of the molecule is CCCCC(C(=O)O)c1c(C)n(C(=O)c2ccc(Br)cc2)c2cc(Cl)c(O)cc12. The van der Waals surface area contributed by atoms with Crippen molar-refractivity contribution < 1.29 is 19.8 Å². The fourth-order valence-corrected chi connectivity index (χ4v) is 4.09. The maximum absolute atomic E-state index is 13.3. The third-order valence-corrected chi connectivity index (χ3v) is 5.94. The van der Waals surface area contributed by atoms with Crippen molar-refractivity contribution in [3.8, 4) is 5.75 Å². The lowest BCUT2D eigenvalue weighted by molar-refractivity contribution is -0.139. The quantitative estimate of drug-likeness (QED) is 0.447. The van der Waals surface area contributed by atoms with Gasteiger partial charge in [-0.05, 0) is 55.3 Å². The van der Waals surface area contributed by atoms with Gasteiger partial charge in [-0.3, -0.25) is 14.2 Å². The molecule has 0 saturated carbocycles. The Morgan fingerprint density at radius 2 is 1.86 bits per heavy atom. The molecule has 1 heterocycles. The molecule has 0 spiro atoms. The van der Waals surface area contributed by atoms with Crippen LogP contribution in [0.1, 0.15) is 53.7 Å². The maximum Gasteiger partial charge on any atom is 0.311 e. The van der Waals surface area contributed by atoms with Crippen molar-refractivity contribution in [1.29, 1.82) is 0 Å². The first kappa shape index (κ1) is 21.4. The van der Waals surface area contributed by atoms with Gasteiger partial charge in [0.2, 0.25) is 0 Å². The third kappa shape index (κ3) is 4.05. The Labute approximate surface area is 182 Å². The van der Waals surface area contributed by atoms with E-state index in [0.717, 1.165) is 17.3 Å². The molecule has 0 saturated heterocycles. The highest BCUT2D eigenvalue weighted by Gasteiger charge is 2.29. The minimum Gasteiger partial charge on any atom is -0.506 e. The molecular formula is C22H21BrClNO4. The summed E-state index contributed by atoms with van der Waals surface area (Å²) in [7, 11) is 0. The lowest BCUT2D eigenvalue weighted by atomic mass is 9.91. The second-order valence-electron chi connectivity index (χ2n) is 7.00. The van der Waals surface area contributed by atoms with Crippen LogP contribution >= 0.6 is 27.5 Å². The smallest absolute Gasteiger partial charge is 0.311 e. The van der Waals surface area contributed by atoms with Gasteiger partial charge in [0, 0.05) is 21.1 Å². The van der Waals surface area contributed by atoms with Crippen molar-refractivity contribution in [3.63, 3.8) is 0 Å². The molecule has 0 fully saturated rings. The first-order valence-electron chi connectivity index (χ1n) is 9.32. The van der Waals surface area contributed by atoms with Gasteiger partial charge in [-0.2, -0.15) is 0 Å². The van der Waals surface area contributed by atoms with E-state index in [4.69, 9.17) is 11.6 Å². The van der Waals surface area contributed by atoms with Crippen LogP contribution in [-0.4, -0.2) is 26.7 Å². The molecule has 0 radical (unpaired) electrons. The van der Waals surface area contributed by atoms with E-state index in [2.05, 4.69) is 15.9 Å². The summed E-state index contributed by atoms with van der Waals surface area (Å²) >= 11 is 9.48. The van der Waals surface area contributed by atoms with Crippen molar-refractivity contribution in [1.82, 2.24) is 4.57 Å². The van der Waals surface area contributed by atoms with Crippen LogP contribution in [0.2, 0.25) is 5.02 Å². The number of carbonyl (C=O) groups is 2. The van der Waals surface area contributed by atoms with Crippen LogP contribution in [0.5, 0.6) is 5.75 Å². The number of aromatic nitrogens is 1. The van der Waals surface area contributed by atoms with Crippen molar-refractivity contribution in [2.75, 3.05) is 0 Å². The van der Waals surface area contributed by atoms with Crippen LogP contribution in [-0.2, 0) is 4.79 Å². The summed E-state index contributed by atoms with van der Waals surface area (Å²) in [6.07, 6.45) is 2.04. The molecule has 0 aliphatic heterocycles. The number of carboxylic acid groups (broad SMARTS) is 1. The number of phenols is 1. The maximum atomic E-state index is 13.3. The van der Waals surface area contributed by atoms with Gasteiger partial charge in [-0.15, -0.1) is 0 Å². The predicted octanol–water partition coefficient (Wildman–Crippen LogP) is 6.12. The second-order valence-corrected chi connectivity index (χ2v) is 8.32. The summed E-state index contributed by atoms with van der Waals surface area (Å²) in [5.41, 5.74) is 2.02. The monoisotopic (exact) mass is 477 g/mol. The average Bonchev–Trinajstić information content (AvgIpc) is 2.94. The number of unbranched alkanes of at least 4 members (excludes halogenated alkanes) is 1. The van der Waals surface area contributed by atoms with Crippen LogP contribution < -0.4 is 0 Å². The Kier molecular flexibility index (Phi) is 6.34. The summed E-state index contributed by atoms with van der Waals surface area (Å²) < 4.78 is 2.34. The number of carbonyl (C=O) groups excluding carboxylic acids is 1. The summed E-state index contributed by atoms with van der Waals surface area (Å²) in [4.78, 5) is 25.4. The van der Waals surface area contributed by atoms with Gasteiger partial charge in [0.15, 0.2) is 0 Å². The third-order valence-electron chi connectivity index (χ3n) is 5.11. The summed E-state index contributed by atoms with van der Waals surface area (Å²) in [6, 6.07) is 9.91.